The van der Waals surface area contributed by atoms with Crippen LogP contribution in [0.15, 0.2) is 60.7 Å². The third kappa shape index (κ3) is 8.06. The van der Waals surface area contributed by atoms with Crippen LogP contribution in [0.4, 0.5) is 17.1 Å². The standard InChI is InChI=1S/C32H44N2O/c1-22-18-25(30(35)29(19-22)32(6,7)8)21-33-26-13-15-28(16-14-26)34-27-11-9-24(10-12-27)17-23(2)20-31(3,4)5/h9-16,18-19,23,33-35H,17,20-21H2,1-8H3. The lowest BCUT2D eigenvalue weighted by Gasteiger charge is -2.23. The molecule has 0 heterocycles. The highest BCUT2D eigenvalue weighted by molar-refractivity contribution is 5.63. The molecule has 3 N–H and O–H groups in total. The second-order valence-electron chi connectivity index (χ2n) is 12.4. The molecule has 3 rings (SSSR count). The first-order valence-corrected chi connectivity index (χ1v) is 12.8. The third-order valence-corrected chi connectivity index (χ3v) is 6.30. The van der Waals surface area contributed by atoms with Gasteiger partial charge < -0.3 is 15.7 Å². The lowest BCUT2D eigenvalue weighted by molar-refractivity contribution is 0.306. The molecule has 3 aromatic carbocycles. The van der Waals surface area contributed by atoms with Crippen molar-refractivity contribution in [2.75, 3.05) is 10.6 Å². The Morgan fingerprint density at radius 3 is 1.89 bits per heavy atom. The summed E-state index contributed by atoms with van der Waals surface area (Å²) in [6, 6.07) is 21.2. The molecule has 0 fully saturated rings. The molecule has 0 saturated carbocycles. The molecule has 35 heavy (non-hydrogen) atoms. The van der Waals surface area contributed by atoms with Crippen molar-refractivity contribution in [2.45, 2.75) is 80.2 Å². The van der Waals surface area contributed by atoms with Crippen molar-refractivity contribution in [3.05, 3.63) is 82.9 Å². The molecule has 3 heteroatoms. The third-order valence-electron chi connectivity index (χ3n) is 6.30. The van der Waals surface area contributed by atoms with Crippen molar-refractivity contribution in [1.82, 2.24) is 0 Å². The van der Waals surface area contributed by atoms with Crippen LogP contribution in [0, 0.1) is 18.3 Å². The van der Waals surface area contributed by atoms with Crippen molar-refractivity contribution >= 4 is 17.1 Å². The molecule has 0 spiro atoms. The minimum atomic E-state index is -0.0962. The highest BCUT2D eigenvalue weighted by atomic mass is 16.3. The van der Waals surface area contributed by atoms with Crippen LogP contribution in [0.1, 0.15) is 77.1 Å². The monoisotopic (exact) mass is 472 g/mol. The van der Waals surface area contributed by atoms with Gasteiger partial charge in [0.15, 0.2) is 0 Å². The molecular formula is C32H44N2O. The molecule has 188 valence electrons. The lowest BCUT2D eigenvalue weighted by Crippen LogP contribution is -2.13. The van der Waals surface area contributed by atoms with E-state index in [1.807, 2.05) is 0 Å². The Hall–Kier alpha value is -2.94. The molecule has 3 aromatic rings. The zero-order valence-electron chi connectivity index (χ0n) is 22.9. The number of benzene rings is 3. The van der Waals surface area contributed by atoms with E-state index in [-0.39, 0.29) is 5.41 Å². The molecule has 0 amide bonds. The number of anilines is 3. The summed E-state index contributed by atoms with van der Waals surface area (Å²) in [5.74, 6) is 1.07. The SMILES string of the molecule is Cc1cc(CNc2ccc(Nc3ccc(CC(C)CC(C)(C)C)cc3)cc2)c(O)c(C(C)(C)C)c1. The maximum Gasteiger partial charge on any atom is 0.124 e. The van der Waals surface area contributed by atoms with Gasteiger partial charge in [-0.25, -0.2) is 0 Å². The summed E-state index contributed by atoms with van der Waals surface area (Å²) in [5, 5.41) is 17.8. The number of rotatable bonds is 8. The quantitative estimate of drug-likeness (QED) is 0.306. The van der Waals surface area contributed by atoms with E-state index in [9.17, 15) is 5.11 Å². The van der Waals surface area contributed by atoms with Gasteiger partial charge in [0.2, 0.25) is 0 Å². The number of aromatic hydroxyl groups is 1. The van der Waals surface area contributed by atoms with Gasteiger partial charge in [0.05, 0.1) is 0 Å². The lowest BCUT2D eigenvalue weighted by atomic mass is 9.83. The molecule has 0 aliphatic heterocycles. The summed E-state index contributed by atoms with van der Waals surface area (Å²) in [6.07, 6.45) is 2.35. The van der Waals surface area contributed by atoms with E-state index in [4.69, 9.17) is 0 Å². The Morgan fingerprint density at radius 2 is 1.34 bits per heavy atom. The van der Waals surface area contributed by atoms with Gasteiger partial charge in [0, 0.05) is 29.2 Å². The molecule has 1 atom stereocenters. The van der Waals surface area contributed by atoms with Crippen LogP contribution in [0.2, 0.25) is 0 Å². The zero-order valence-corrected chi connectivity index (χ0v) is 22.9. The minimum Gasteiger partial charge on any atom is -0.507 e. The van der Waals surface area contributed by atoms with Crippen LogP contribution in [0.25, 0.3) is 0 Å². The average molecular weight is 473 g/mol. The fourth-order valence-corrected chi connectivity index (χ4v) is 4.84. The fourth-order valence-electron chi connectivity index (χ4n) is 4.84. The summed E-state index contributed by atoms with van der Waals surface area (Å²) in [7, 11) is 0. The van der Waals surface area contributed by atoms with Gasteiger partial charge in [0.25, 0.3) is 0 Å². The Labute approximate surface area is 213 Å². The molecule has 0 saturated heterocycles. The van der Waals surface area contributed by atoms with Crippen LogP contribution >= 0.6 is 0 Å². The number of hydrogen-bond donors (Lipinski definition) is 3. The summed E-state index contributed by atoms with van der Waals surface area (Å²) < 4.78 is 0. The fraction of sp³-hybridized carbons (Fsp3) is 0.438. The Balaban J connectivity index is 1.58. The predicted molar refractivity (Wildman–Crippen MR) is 152 cm³/mol. The first kappa shape index (κ1) is 26.7. The smallest absolute Gasteiger partial charge is 0.124 e. The van der Waals surface area contributed by atoms with Crippen molar-refractivity contribution in [1.29, 1.82) is 0 Å². The Morgan fingerprint density at radius 1 is 0.800 bits per heavy atom. The van der Waals surface area contributed by atoms with E-state index < -0.39 is 0 Å². The summed E-state index contributed by atoms with van der Waals surface area (Å²) in [5.41, 5.74) is 7.92. The van der Waals surface area contributed by atoms with E-state index in [0.29, 0.717) is 23.6 Å². The van der Waals surface area contributed by atoms with Crippen molar-refractivity contribution < 1.29 is 5.11 Å². The Kier molecular flexibility index (Phi) is 8.20. The maximum atomic E-state index is 10.8. The van der Waals surface area contributed by atoms with Crippen LogP contribution in [-0.4, -0.2) is 5.11 Å². The van der Waals surface area contributed by atoms with E-state index in [1.165, 1.54) is 17.5 Å². The van der Waals surface area contributed by atoms with Crippen LogP contribution in [0.5, 0.6) is 5.75 Å². The van der Waals surface area contributed by atoms with Crippen LogP contribution < -0.4 is 10.6 Å². The van der Waals surface area contributed by atoms with E-state index in [1.54, 1.807) is 0 Å². The largest absolute Gasteiger partial charge is 0.507 e. The van der Waals surface area contributed by atoms with Gasteiger partial charge in [-0.05, 0) is 84.0 Å². The molecule has 0 bridgehead atoms. The molecule has 0 aromatic heterocycles. The molecule has 0 aliphatic rings. The number of aryl methyl sites for hydroxylation is 1. The first-order valence-electron chi connectivity index (χ1n) is 12.8. The summed E-state index contributed by atoms with van der Waals surface area (Å²) >= 11 is 0. The summed E-state index contributed by atoms with van der Waals surface area (Å²) in [6.45, 7) is 18.3. The van der Waals surface area contributed by atoms with Crippen LogP contribution in [0.3, 0.4) is 0 Å². The van der Waals surface area contributed by atoms with Gasteiger partial charge in [-0.1, -0.05) is 78.3 Å². The van der Waals surface area contributed by atoms with Crippen molar-refractivity contribution in [3.63, 3.8) is 0 Å². The number of hydrogen-bond acceptors (Lipinski definition) is 3. The maximum absolute atomic E-state index is 10.8. The van der Waals surface area contributed by atoms with Crippen molar-refractivity contribution in [3.8, 4) is 5.75 Å². The molecule has 1 unspecified atom stereocenters. The van der Waals surface area contributed by atoms with E-state index >= 15 is 0 Å². The van der Waals surface area contributed by atoms with E-state index in [2.05, 4.69) is 127 Å². The number of phenols is 1. The van der Waals surface area contributed by atoms with Crippen molar-refractivity contribution in [2.24, 2.45) is 11.3 Å². The summed E-state index contributed by atoms with van der Waals surface area (Å²) in [4.78, 5) is 0. The highest BCUT2D eigenvalue weighted by Gasteiger charge is 2.20. The second kappa shape index (κ2) is 10.8. The van der Waals surface area contributed by atoms with Crippen LogP contribution in [-0.2, 0) is 18.4 Å². The number of nitrogens with one attached hydrogen (secondary N) is 2. The first-order chi connectivity index (χ1) is 16.3. The molecule has 0 aliphatic carbocycles. The average Bonchev–Trinajstić information content (AvgIpc) is 2.74. The normalized spacial score (nSPS) is 12.9. The van der Waals surface area contributed by atoms with Gasteiger partial charge in [-0.15, -0.1) is 0 Å². The highest BCUT2D eigenvalue weighted by Crippen LogP contribution is 2.35. The second-order valence-corrected chi connectivity index (χ2v) is 12.4. The topological polar surface area (TPSA) is 44.3 Å². The van der Waals surface area contributed by atoms with E-state index in [0.717, 1.165) is 34.6 Å². The molecule has 3 nitrogen and oxygen atoms in total. The van der Waals surface area contributed by atoms with Gasteiger partial charge in [-0.2, -0.15) is 0 Å². The zero-order chi connectivity index (χ0) is 25.8. The molecular weight excluding hydrogens is 428 g/mol. The van der Waals surface area contributed by atoms with Gasteiger partial charge in [0.1, 0.15) is 5.75 Å². The minimum absolute atomic E-state index is 0.0962. The molecule has 0 radical (unpaired) electrons. The van der Waals surface area contributed by atoms with Gasteiger partial charge >= 0.3 is 0 Å². The predicted octanol–water partition coefficient (Wildman–Crippen LogP) is 8.97. The Bertz CT molecular complexity index is 1100. The van der Waals surface area contributed by atoms with Gasteiger partial charge in [-0.3, -0.25) is 0 Å². The number of phenolic OH excluding ortho intramolecular Hbond substituents is 1.